The molecule has 21 heavy (non-hydrogen) atoms. The van der Waals surface area contributed by atoms with Gasteiger partial charge in [-0.25, -0.2) is 0 Å². The smallest absolute Gasteiger partial charge is 0.275 e. The summed E-state index contributed by atoms with van der Waals surface area (Å²) < 4.78 is 6.86. The molecule has 0 unspecified atom stereocenters. The monoisotopic (exact) mass is 355 g/mol. The van der Waals surface area contributed by atoms with E-state index in [1.165, 1.54) is 12.8 Å². The number of aromatic nitrogens is 2. The summed E-state index contributed by atoms with van der Waals surface area (Å²) in [5.41, 5.74) is 0.856. The van der Waals surface area contributed by atoms with Crippen molar-refractivity contribution in [2.75, 3.05) is 13.1 Å². The highest BCUT2D eigenvalue weighted by Gasteiger charge is 2.41. The second-order valence-corrected chi connectivity index (χ2v) is 8.15. The van der Waals surface area contributed by atoms with Crippen LogP contribution in [0.1, 0.15) is 62.6 Å². The molecule has 0 spiro atoms. The van der Waals surface area contributed by atoms with E-state index in [4.69, 9.17) is 4.74 Å². The molecule has 1 N–H and O–H groups in total. The van der Waals surface area contributed by atoms with E-state index in [0.29, 0.717) is 24.7 Å². The van der Waals surface area contributed by atoms with Gasteiger partial charge in [0.05, 0.1) is 21.4 Å². The molecule has 2 fully saturated rings. The fourth-order valence-corrected chi connectivity index (χ4v) is 3.88. The van der Waals surface area contributed by atoms with Crippen LogP contribution in [0.25, 0.3) is 0 Å². The van der Waals surface area contributed by atoms with Crippen molar-refractivity contribution in [3.8, 4) is 0 Å². The largest absolute Gasteiger partial charge is 0.366 e. The molecular formula is C15H22BrN3O2. The molecule has 1 aliphatic heterocycles. The number of hydrogen-bond donors (Lipinski definition) is 1. The van der Waals surface area contributed by atoms with Crippen LogP contribution in [0.15, 0.2) is 4.47 Å². The number of H-pyrrole nitrogens is 1. The number of hydrogen-bond acceptors (Lipinski definition) is 3. The lowest BCUT2D eigenvalue weighted by atomic mass is 9.98. The van der Waals surface area contributed by atoms with E-state index >= 15 is 0 Å². The Labute approximate surface area is 133 Å². The summed E-state index contributed by atoms with van der Waals surface area (Å²) in [6.45, 7) is 9.22. The summed E-state index contributed by atoms with van der Waals surface area (Å²) >= 11 is 3.54. The highest BCUT2D eigenvalue weighted by atomic mass is 79.9. The van der Waals surface area contributed by atoms with Crippen molar-refractivity contribution < 1.29 is 9.53 Å². The Morgan fingerprint density at radius 2 is 1.86 bits per heavy atom. The quantitative estimate of drug-likeness (QED) is 0.886. The van der Waals surface area contributed by atoms with E-state index in [1.807, 2.05) is 32.6 Å². The van der Waals surface area contributed by atoms with Gasteiger partial charge in [0, 0.05) is 19.0 Å². The maximum atomic E-state index is 12.8. The molecular weight excluding hydrogens is 334 g/mol. The fourth-order valence-electron chi connectivity index (χ4n) is 3.21. The van der Waals surface area contributed by atoms with Gasteiger partial charge in [-0.2, -0.15) is 5.10 Å². The van der Waals surface area contributed by atoms with Crippen molar-refractivity contribution in [3.63, 3.8) is 0 Å². The molecule has 0 atom stereocenters. The van der Waals surface area contributed by atoms with Crippen molar-refractivity contribution in [3.05, 3.63) is 15.9 Å². The van der Waals surface area contributed by atoms with Gasteiger partial charge in [0.25, 0.3) is 5.91 Å². The predicted molar refractivity (Wildman–Crippen MR) is 83.4 cm³/mol. The normalized spacial score (nSPS) is 24.1. The first-order valence-corrected chi connectivity index (χ1v) is 8.21. The topological polar surface area (TPSA) is 58.2 Å². The number of carbonyl (C=O) groups excluding carboxylic acids is 1. The predicted octanol–water partition coefficient (Wildman–Crippen LogP) is 3.08. The number of ether oxygens (including phenoxy) is 1. The average Bonchev–Trinajstić information content (AvgIpc) is 3.08. The molecule has 5 nitrogen and oxygen atoms in total. The molecule has 1 saturated heterocycles. The average molecular weight is 356 g/mol. The SMILES string of the molecule is CC1(C)CN(C(=O)c2n[nH]c(C3CC3)c2Br)CC(C)(C)O1. The van der Waals surface area contributed by atoms with Crippen LogP contribution in [-0.4, -0.2) is 45.3 Å². The van der Waals surface area contributed by atoms with Gasteiger partial charge in [0.1, 0.15) is 0 Å². The van der Waals surface area contributed by atoms with Gasteiger partial charge in [-0.1, -0.05) is 0 Å². The van der Waals surface area contributed by atoms with Crippen molar-refractivity contribution in [1.29, 1.82) is 0 Å². The molecule has 3 rings (SSSR count). The third-order valence-corrected chi connectivity index (χ3v) is 4.71. The van der Waals surface area contributed by atoms with Crippen LogP contribution in [-0.2, 0) is 4.74 Å². The Kier molecular flexibility index (Phi) is 3.44. The highest BCUT2D eigenvalue weighted by Crippen LogP contribution is 2.43. The third kappa shape index (κ3) is 3.01. The summed E-state index contributed by atoms with van der Waals surface area (Å²) in [7, 11) is 0. The molecule has 1 saturated carbocycles. The number of carbonyl (C=O) groups is 1. The molecule has 1 aliphatic carbocycles. The van der Waals surface area contributed by atoms with Crippen LogP contribution in [0.4, 0.5) is 0 Å². The summed E-state index contributed by atoms with van der Waals surface area (Å²) in [4.78, 5) is 14.7. The zero-order valence-corrected chi connectivity index (χ0v) is 14.6. The molecule has 0 bridgehead atoms. The molecule has 1 amide bonds. The number of nitrogens with zero attached hydrogens (tertiary/aromatic N) is 2. The Balaban J connectivity index is 1.84. The second kappa shape index (κ2) is 4.81. The van der Waals surface area contributed by atoms with Gasteiger partial charge in [-0.15, -0.1) is 0 Å². The van der Waals surface area contributed by atoms with Crippen molar-refractivity contribution >= 4 is 21.8 Å². The first-order chi connectivity index (χ1) is 9.69. The van der Waals surface area contributed by atoms with E-state index < -0.39 is 0 Å². The maximum absolute atomic E-state index is 12.8. The molecule has 116 valence electrons. The fraction of sp³-hybridized carbons (Fsp3) is 0.733. The summed E-state index contributed by atoms with van der Waals surface area (Å²) in [6.07, 6.45) is 2.35. The molecule has 2 heterocycles. The lowest BCUT2D eigenvalue weighted by Gasteiger charge is -2.46. The standard InChI is InChI=1S/C15H22BrN3O2/c1-14(2)7-19(8-15(3,4)21-14)13(20)12-10(16)11(17-18-12)9-5-6-9/h9H,5-8H2,1-4H3,(H,17,18). The van der Waals surface area contributed by atoms with Crippen LogP contribution in [0.3, 0.4) is 0 Å². The third-order valence-electron chi connectivity index (χ3n) is 3.90. The van der Waals surface area contributed by atoms with Gasteiger partial charge in [0.2, 0.25) is 0 Å². The van der Waals surface area contributed by atoms with E-state index in [-0.39, 0.29) is 17.1 Å². The molecule has 2 aliphatic rings. The van der Waals surface area contributed by atoms with Gasteiger partial charge in [0.15, 0.2) is 5.69 Å². The molecule has 0 radical (unpaired) electrons. The minimum Gasteiger partial charge on any atom is -0.366 e. The Morgan fingerprint density at radius 1 is 1.29 bits per heavy atom. The van der Waals surface area contributed by atoms with E-state index in [1.54, 1.807) is 0 Å². The Hall–Kier alpha value is -0.880. The van der Waals surface area contributed by atoms with Crippen LogP contribution in [0.2, 0.25) is 0 Å². The summed E-state index contributed by atoms with van der Waals surface area (Å²) in [5, 5.41) is 7.27. The lowest BCUT2D eigenvalue weighted by molar-refractivity contribution is -0.171. The number of halogens is 1. The van der Waals surface area contributed by atoms with Crippen LogP contribution in [0, 0.1) is 0 Å². The summed E-state index contributed by atoms with van der Waals surface area (Å²) in [6, 6.07) is 0. The van der Waals surface area contributed by atoms with Crippen LogP contribution in [0.5, 0.6) is 0 Å². The zero-order valence-electron chi connectivity index (χ0n) is 13.0. The number of nitrogens with one attached hydrogen (secondary N) is 1. The van der Waals surface area contributed by atoms with Crippen LogP contribution >= 0.6 is 15.9 Å². The van der Waals surface area contributed by atoms with Gasteiger partial charge in [-0.3, -0.25) is 9.89 Å². The Morgan fingerprint density at radius 3 is 2.38 bits per heavy atom. The van der Waals surface area contributed by atoms with Gasteiger partial charge in [-0.05, 0) is 56.5 Å². The van der Waals surface area contributed by atoms with Crippen molar-refractivity contribution in [2.24, 2.45) is 0 Å². The number of rotatable bonds is 2. The molecule has 1 aromatic heterocycles. The zero-order chi connectivity index (χ0) is 15.4. The van der Waals surface area contributed by atoms with E-state index in [9.17, 15) is 4.79 Å². The minimum atomic E-state index is -0.348. The molecule has 1 aromatic rings. The molecule has 6 heteroatoms. The molecule has 0 aromatic carbocycles. The maximum Gasteiger partial charge on any atom is 0.275 e. The van der Waals surface area contributed by atoms with Gasteiger partial charge >= 0.3 is 0 Å². The first-order valence-electron chi connectivity index (χ1n) is 7.42. The van der Waals surface area contributed by atoms with E-state index in [0.717, 1.165) is 10.2 Å². The number of aromatic amines is 1. The lowest BCUT2D eigenvalue weighted by Crippen LogP contribution is -2.58. The van der Waals surface area contributed by atoms with E-state index in [2.05, 4.69) is 26.1 Å². The summed E-state index contributed by atoms with van der Waals surface area (Å²) in [5.74, 6) is 0.500. The second-order valence-electron chi connectivity index (χ2n) is 7.36. The highest BCUT2D eigenvalue weighted by molar-refractivity contribution is 9.10. The van der Waals surface area contributed by atoms with Crippen LogP contribution < -0.4 is 0 Å². The Bertz CT molecular complexity index is 559. The van der Waals surface area contributed by atoms with Crippen molar-refractivity contribution in [2.45, 2.75) is 57.7 Å². The van der Waals surface area contributed by atoms with Crippen molar-refractivity contribution in [1.82, 2.24) is 15.1 Å². The first kappa shape index (κ1) is 15.0. The number of amides is 1. The minimum absolute atomic E-state index is 0.0329. The van der Waals surface area contributed by atoms with Gasteiger partial charge < -0.3 is 9.64 Å². The number of morpholine rings is 1.